The number of carbonyl (C=O) groups is 2. The third-order valence-electron chi connectivity index (χ3n) is 5.23. The molecule has 2 aromatic carbocycles. The van der Waals surface area contributed by atoms with Crippen molar-refractivity contribution in [2.75, 3.05) is 0 Å². The molecular formula is C26H28N2O2. The van der Waals surface area contributed by atoms with E-state index in [1.54, 1.807) is 48.5 Å². The molecule has 0 amide bonds. The lowest BCUT2D eigenvalue weighted by molar-refractivity contribution is 0.0970. The summed E-state index contributed by atoms with van der Waals surface area (Å²) in [6.07, 6.45) is 9.61. The Morgan fingerprint density at radius 3 is 1.13 bits per heavy atom. The van der Waals surface area contributed by atoms with Gasteiger partial charge in [-0.25, -0.2) is 0 Å². The lowest BCUT2D eigenvalue weighted by atomic mass is 10.0. The van der Waals surface area contributed by atoms with Crippen molar-refractivity contribution in [2.24, 2.45) is 0 Å². The van der Waals surface area contributed by atoms with E-state index in [0.29, 0.717) is 35.1 Å². The van der Waals surface area contributed by atoms with Gasteiger partial charge in [0.25, 0.3) is 0 Å². The normalized spacial score (nSPS) is 10.2. The van der Waals surface area contributed by atoms with E-state index < -0.39 is 0 Å². The molecule has 0 fully saturated rings. The summed E-state index contributed by atoms with van der Waals surface area (Å²) in [7, 11) is 0. The standard InChI is InChI=1S/C26H28N2O2/c27-19-21-11-15-23(16-12-21)25(29)9-7-5-3-1-2-4-6-8-10-26(30)24-17-13-22(20-28)14-18-24/h11-18H,1-10H2. The van der Waals surface area contributed by atoms with Gasteiger partial charge in [-0.15, -0.1) is 0 Å². The van der Waals surface area contributed by atoms with Gasteiger partial charge in [-0.2, -0.15) is 10.5 Å². The molecule has 4 heteroatoms. The van der Waals surface area contributed by atoms with Gasteiger partial charge in [-0.05, 0) is 37.1 Å². The number of nitrogens with zero attached hydrogens (tertiary/aromatic N) is 2. The average molecular weight is 401 g/mol. The molecule has 0 bridgehead atoms. The molecule has 154 valence electrons. The van der Waals surface area contributed by atoms with Gasteiger partial charge < -0.3 is 0 Å². The zero-order valence-electron chi connectivity index (χ0n) is 17.4. The summed E-state index contributed by atoms with van der Waals surface area (Å²) < 4.78 is 0. The largest absolute Gasteiger partial charge is 0.294 e. The van der Waals surface area contributed by atoms with Crippen LogP contribution in [0.1, 0.15) is 96.1 Å². The molecule has 2 rings (SSSR count). The molecule has 0 aliphatic heterocycles. The molecular weight excluding hydrogens is 372 g/mol. The zero-order chi connectivity index (χ0) is 21.6. The Morgan fingerprint density at radius 2 is 0.833 bits per heavy atom. The van der Waals surface area contributed by atoms with Crippen LogP contribution in [0.15, 0.2) is 48.5 Å². The molecule has 0 saturated carbocycles. The number of unbranched alkanes of at least 4 members (excludes halogenated alkanes) is 7. The van der Waals surface area contributed by atoms with Crippen molar-refractivity contribution < 1.29 is 9.59 Å². The van der Waals surface area contributed by atoms with Crippen LogP contribution in [0.4, 0.5) is 0 Å². The Kier molecular flexibility index (Phi) is 10.0. The minimum absolute atomic E-state index is 0.145. The number of nitriles is 2. The number of rotatable bonds is 13. The highest BCUT2D eigenvalue weighted by Crippen LogP contribution is 2.14. The maximum Gasteiger partial charge on any atom is 0.162 e. The molecule has 0 radical (unpaired) electrons. The Balaban J connectivity index is 1.47. The minimum Gasteiger partial charge on any atom is -0.294 e. The van der Waals surface area contributed by atoms with Crippen molar-refractivity contribution in [1.29, 1.82) is 10.5 Å². The van der Waals surface area contributed by atoms with E-state index in [-0.39, 0.29) is 11.6 Å². The van der Waals surface area contributed by atoms with E-state index in [9.17, 15) is 9.59 Å². The van der Waals surface area contributed by atoms with Gasteiger partial charge in [0.2, 0.25) is 0 Å². The van der Waals surface area contributed by atoms with Gasteiger partial charge in [-0.1, -0.05) is 62.8 Å². The maximum absolute atomic E-state index is 12.1. The fourth-order valence-corrected chi connectivity index (χ4v) is 3.38. The number of Topliss-reactive ketones (excluding diaryl/α,β-unsaturated/α-hetero) is 2. The smallest absolute Gasteiger partial charge is 0.162 e. The Bertz CT molecular complexity index is 823. The summed E-state index contributed by atoms with van der Waals surface area (Å²) in [5.41, 5.74) is 2.52. The van der Waals surface area contributed by atoms with E-state index in [2.05, 4.69) is 12.1 Å². The molecule has 0 saturated heterocycles. The van der Waals surface area contributed by atoms with Crippen molar-refractivity contribution in [1.82, 2.24) is 0 Å². The highest BCUT2D eigenvalue weighted by molar-refractivity contribution is 5.96. The first-order valence-corrected chi connectivity index (χ1v) is 10.7. The van der Waals surface area contributed by atoms with Gasteiger partial charge in [0.05, 0.1) is 23.3 Å². The predicted octanol–water partition coefficient (Wildman–Crippen LogP) is 6.40. The number of ketones is 2. The molecule has 0 N–H and O–H groups in total. The van der Waals surface area contributed by atoms with Gasteiger partial charge in [0, 0.05) is 24.0 Å². The van der Waals surface area contributed by atoms with Crippen LogP contribution in [0.25, 0.3) is 0 Å². The highest BCUT2D eigenvalue weighted by Gasteiger charge is 2.06. The molecule has 2 aromatic rings. The summed E-state index contributed by atoms with van der Waals surface area (Å²) in [6, 6.07) is 17.8. The Hall–Kier alpha value is -3.24. The third-order valence-corrected chi connectivity index (χ3v) is 5.23. The number of hydrogen-bond acceptors (Lipinski definition) is 4. The van der Waals surface area contributed by atoms with E-state index in [1.807, 2.05) is 0 Å². The second kappa shape index (κ2) is 13.1. The molecule has 0 aliphatic rings. The van der Waals surface area contributed by atoms with Crippen LogP contribution in [0, 0.1) is 22.7 Å². The molecule has 0 aromatic heterocycles. The summed E-state index contributed by atoms with van der Waals surface area (Å²) in [6.45, 7) is 0. The van der Waals surface area contributed by atoms with E-state index in [4.69, 9.17) is 10.5 Å². The Labute approximate surface area is 179 Å². The van der Waals surface area contributed by atoms with Gasteiger partial charge >= 0.3 is 0 Å². The van der Waals surface area contributed by atoms with Crippen LogP contribution in [-0.4, -0.2) is 11.6 Å². The summed E-state index contributed by atoms with van der Waals surface area (Å²) >= 11 is 0. The van der Waals surface area contributed by atoms with E-state index in [1.165, 1.54) is 0 Å². The monoisotopic (exact) mass is 400 g/mol. The summed E-state index contributed by atoms with van der Waals surface area (Å²) in [4.78, 5) is 24.2. The fraction of sp³-hybridized carbons (Fsp3) is 0.385. The van der Waals surface area contributed by atoms with Crippen molar-refractivity contribution in [3.05, 3.63) is 70.8 Å². The van der Waals surface area contributed by atoms with Crippen LogP contribution in [-0.2, 0) is 0 Å². The maximum atomic E-state index is 12.1. The number of hydrogen-bond donors (Lipinski definition) is 0. The quantitative estimate of drug-likeness (QED) is 0.288. The summed E-state index contributed by atoms with van der Waals surface area (Å²) in [5.74, 6) is 0.290. The van der Waals surface area contributed by atoms with Crippen LogP contribution in [0.5, 0.6) is 0 Å². The molecule has 0 heterocycles. The average Bonchev–Trinajstić information content (AvgIpc) is 2.80. The lowest BCUT2D eigenvalue weighted by Gasteiger charge is -2.04. The van der Waals surface area contributed by atoms with Crippen molar-refractivity contribution in [3.8, 4) is 12.1 Å². The Morgan fingerprint density at radius 1 is 0.533 bits per heavy atom. The minimum atomic E-state index is 0.145. The zero-order valence-corrected chi connectivity index (χ0v) is 17.4. The van der Waals surface area contributed by atoms with Crippen LogP contribution >= 0.6 is 0 Å². The molecule has 0 unspecified atom stereocenters. The van der Waals surface area contributed by atoms with Crippen LogP contribution < -0.4 is 0 Å². The first kappa shape index (κ1) is 23.0. The number of benzene rings is 2. The SMILES string of the molecule is N#Cc1ccc(C(=O)CCCCCCCCCCC(=O)c2ccc(C#N)cc2)cc1. The number of carbonyl (C=O) groups excluding carboxylic acids is 2. The molecule has 4 nitrogen and oxygen atoms in total. The van der Waals surface area contributed by atoms with Gasteiger partial charge in [0.1, 0.15) is 0 Å². The van der Waals surface area contributed by atoms with Gasteiger partial charge in [-0.3, -0.25) is 9.59 Å². The first-order chi connectivity index (χ1) is 14.6. The van der Waals surface area contributed by atoms with Crippen molar-refractivity contribution >= 4 is 11.6 Å². The van der Waals surface area contributed by atoms with E-state index in [0.717, 1.165) is 51.4 Å². The molecule has 0 spiro atoms. The highest BCUT2D eigenvalue weighted by atomic mass is 16.1. The fourth-order valence-electron chi connectivity index (χ4n) is 3.38. The van der Waals surface area contributed by atoms with Crippen LogP contribution in [0.3, 0.4) is 0 Å². The van der Waals surface area contributed by atoms with Crippen LogP contribution in [0.2, 0.25) is 0 Å². The van der Waals surface area contributed by atoms with Gasteiger partial charge in [0.15, 0.2) is 11.6 Å². The molecule has 30 heavy (non-hydrogen) atoms. The van der Waals surface area contributed by atoms with Crippen molar-refractivity contribution in [2.45, 2.75) is 64.2 Å². The topological polar surface area (TPSA) is 81.7 Å². The third kappa shape index (κ3) is 8.02. The second-order valence-corrected chi connectivity index (χ2v) is 7.55. The molecule has 0 atom stereocenters. The molecule has 0 aliphatic carbocycles. The lowest BCUT2D eigenvalue weighted by Crippen LogP contribution is -1.99. The van der Waals surface area contributed by atoms with E-state index >= 15 is 0 Å². The second-order valence-electron chi connectivity index (χ2n) is 7.55. The first-order valence-electron chi connectivity index (χ1n) is 10.7. The predicted molar refractivity (Wildman–Crippen MR) is 117 cm³/mol. The summed E-state index contributed by atoms with van der Waals surface area (Å²) in [5, 5.41) is 17.6. The van der Waals surface area contributed by atoms with Crippen molar-refractivity contribution in [3.63, 3.8) is 0 Å².